The van der Waals surface area contributed by atoms with Crippen LogP contribution in [0.15, 0.2) is 57.5 Å². The number of aromatic amines is 1. The lowest BCUT2D eigenvalue weighted by Gasteiger charge is -2.04. The van der Waals surface area contributed by atoms with Gasteiger partial charge in [0.15, 0.2) is 5.69 Å². The molecule has 1 aromatic heterocycles. The van der Waals surface area contributed by atoms with E-state index in [0.29, 0.717) is 0 Å². The van der Waals surface area contributed by atoms with E-state index in [-0.39, 0.29) is 33.9 Å². The number of hydrogen-bond acceptors (Lipinski definition) is 6. The van der Waals surface area contributed by atoms with Crippen molar-refractivity contribution in [2.45, 2.75) is 0 Å². The third-order valence-electron chi connectivity index (χ3n) is 3.99. The largest absolute Gasteiger partial charge is 0.478 e. The molecule has 0 aliphatic carbocycles. The smallest absolute Gasteiger partial charge is 0.335 e. The van der Waals surface area contributed by atoms with Gasteiger partial charge in [-0.25, -0.2) is 19.5 Å². The Morgan fingerprint density at radius 2 is 1.52 bits per heavy atom. The summed E-state index contributed by atoms with van der Waals surface area (Å²) in [5, 5.41) is 37.4. The number of carbonyl (C=O) groups is 3. The summed E-state index contributed by atoms with van der Waals surface area (Å²) in [5.74, 6) is -4.34. The number of nitrogens with one attached hydrogen (secondary N) is 1. The summed E-state index contributed by atoms with van der Waals surface area (Å²) in [6, 6.07) is 8.44. The number of nitrogens with zero attached hydrogens (tertiary/aromatic N) is 4. The Bertz CT molecular complexity index is 1330. The van der Waals surface area contributed by atoms with Crippen molar-refractivity contribution in [3.8, 4) is 5.69 Å². The molecular formula is C19H11N5O7. The van der Waals surface area contributed by atoms with E-state index in [9.17, 15) is 29.4 Å². The molecule has 0 fully saturated rings. The summed E-state index contributed by atoms with van der Waals surface area (Å²) in [5.41, 5.74) is -2.15. The first-order valence-electron chi connectivity index (χ1n) is 8.31. The maximum atomic E-state index is 12.8. The van der Waals surface area contributed by atoms with Gasteiger partial charge in [-0.15, -0.1) is 0 Å². The Balaban J connectivity index is 2.11. The first-order chi connectivity index (χ1) is 14.7. The fourth-order valence-electron chi connectivity index (χ4n) is 2.56. The van der Waals surface area contributed by atoms with Crippen molar-refractivity contribution in [1.82, 2.24) is 9.78 Å². The summed E-state index contributed by atoms with van der Waals surface area (Å²) >= 11 is 0. The molecule has 0 atom stereocenters. The predicted octanol–water partition coefficient (Wildman–Crippen LogP) is 3.23. The lowest BCUT2D eigenvalue weighted by atomic mass is 10.1. The van der Waals surface area contributed by atoms with Crippen LogP contribution in [0.3, 0.4) is 0 Å². The third kappa shape index (κ3) is 4.20. The number of carboxylic acid groups (broad SMARTS) is 3. The highest BCUT2D eigenvalue weighted by Gasteiger charge is 2.19. The highest BCUT2D eigenvalue weighted by Crippen LogP contribution is 2.26. The standard InChI is InChI=1S/C19H11N5O7/c1-20-15-14(22-21-12-4-2-3-9(6-12)17(26)27)16(25)24(23-15)13-7-10(18(28)29)5-11(8-13)19(30)31/h2-8,23H,(H,26,27)(H,28,29)(H,30,31). The van der Waals surface area contributed by atoms with Crippen molar-refractivity contribution in [2.24, 2.45) is 10.2 Å². The quantitative estimate of drug-likeness (QED) is 0.348. The van der Waals surface area contributed by atoms with Crippen LogP contribution < -0.4 is 5.56 Å². The van der Waals surface area contributed by atoms with Crippen molar-refractivity contribution in [1.29, 1.82) is 0 Å². The molecule has 3 rings (SSSR count). The van der Waals surface area contributed by atoms with Gasteiger partial charge in [-0.1, -0.05) is 12.6 Å². The van der Waals surface area contributed by atoms with Crippen LogP contribution in [0.1, 0.15) is 31.1 Å². The minimum Gasteiger partial charge on any atom is -0.478 e. The Kier molecular flexibility index (Phi) is 5.42. The van der Waals surface area contributed by atoms with E-state index in [4.69, 9.17) is 11.7 Å². The summed E-state index contributed by atoms with van der Waals surface area (Å²) in [6.45, 7) is 7.23. The van der Waals surface area contributed by atoms with Crippen molar-refractivity contribution in [3.05, 3.63) is 80.9 Å². The monoisotopic (exact) mass is 421 g/mol. The van der Waals surface area contributed by atoms with Crippen LogP contribution in [-0.2, 0) is 0 Å². The number of azo groups is 1. The molecule has 12 nitrogen and oxygen atoms in total. The molecule has 0 unspecified atom stereocenters. The fraction of sp³-hybridized carbons (Fsp3) is 0. The number of aromatic carboxylic acids is 3. The van der Waals surface area contributed by atoms with Gasteiger partial charge in [0.2, 0.25) is 0 Å². The Labute approximate surface area is 172 Å². The van der Waals surface area contributed by atoms with Crippen LogP contribution in [0, 0.1) is 6.57 Å². The molecule has 0 amide bonds. The van der Waals surface area contributed by atoms with Gasteiger partial charge in [0.05, 0.1) is 28.1 Å². The van der Waals surface area contributed by atoms with Gasteiger partial charge in [0, 0.05) is 0 Å². The molecular weight excluding hydrogens is 410 g/mol. The van der Waals surface area contributed by atoms with E-state index in [1.165, 1.54) is 24.3 Å². The molecule has 0 radical (unpaired) electrons. The maximum absolute atomic E-state index is 12.8. The van der Waals surface area contributed by atoms with Crippen molar-refractivity contribution in [2.75, 3.05) is 0 Å². The Hall–Kier alpha value is -5.05. The Morgan fingerprint density at radius 3 is 2.06 bits per heavy atom. The van der Waals surface area contributed by atoms with Crippen LogP contribution in [0.5, 0.6) is 0 Å². The van der Waals surface area contributed by atoms with Gasteiger partial charge in [0.25, 0.3) is 5.82 Å². The van der Waals surface area contributed by atoms with E-state index in [2.05, 4.69) is 20.2 Å². The van der Waals surface area contributed by atoms with Crippen LogP contribution in [0.2, 0.25) is 0 Å². The van der Waals surface area contributed by atoms with Crippen LogP contribution in [0.25, 0.3) is 10.5 Å². The molecule has 4 N–H and O–H groups in total. The minimum atomic E-state index is -1.41. The zero-order valence-corrected chi connectivity index (χ0v) is 15.3. The van der Waals surface area contributed by atoms with Gasteiger partial charge < -0.3 is 20.2 Å². The average molecular weight is 421 g/mol. The molecule has 31 heavy (non-hydrogen) atoms. The van der Waals surface area contributed by atoms with E-state index < -0.39 is 29.2 Å². The lowest BCUT2D eigenvalue weighted by molar-refractivity contribution is 0.0682. The SMILES string of the molecule is [C-]#[N+]c1[nH]n(-c2cc(C(=O)O)cc(C(=O)O)c2)c(=O)c1N=Nc1cccc(C(=O)O)c1. The highest BCUT2D eigenvalue weighted by molar-refractivity contribution is 5.94. The van der Waals surface area contributed by atoms with Gasteiger partial charge in [-0.3, -0.25) is 4.79 Å². The highest BCUT2D eigenvalue weighted by atomic mass is 16.4. The van der Waals surface area contributed by atoms with Gasteiger partial charge in [-0.05, 0) is 36.4 Å². The van der Waals surface area contributed by atoms with E-state index in [1.54, 1.807) is 0 Å². The molecule has 154 valence electrons. The van der Waals surface area contributed by atoms with Crippen LogP contribution in [-0.4, -0.2) is 43.0 Å². The van der Waals surface area contributed by atoms with Gasteiger partial charge in [0.1, 0.15) is 0 Å². The molecule has 12 heteroatoms. The zero-order valence-electron chi connectivity index (χ0n) is 15.3. The number of rotatable bonds is 6. The molecule has 2 aromatic carbocycles. The van der Waals surface area contributed by atoms with Crippen LogP contribution >= 0.6 is 0 Å². The third-order valence-corrected chi connectivity index (χ3v) is 3.99. The maximum Gasteiger partial charge on any atom is 0.335 e. The number of carboxylic acids is 3. The first-order valence-corrected chi connectivity index (χ1v) is 8.31. The minimum absolute atomic E-state index is 0.0555. The van der Waals surface area contributed by atoms with Crippen molar-refractivity contribution < 1.29 is 29.7 Å². The lowest BCUT2D eigenvalue weighted by Crippen LogP contribution is -2.16. The molecule has 3 aromatic rings. The van der Waals surface area contributed by atoms with Gasteiger partial charge in [-0.2, -0.15) is 14.9 Å². The second-order valence-corrected chi connectivity index (χ2v) is 6.00. The van der Waals surface area contributed by atoms with Gasteiger partial charge >= 0.3 is 23.5 Å². The topological polar surface area (TPSA) is 179 Å². The first kappa shape index (κ1) is 20.7. The molecule has 0 spiro atoms. The zero-order chi connectivity index (χ0) is 22.7. The summed E-state index contributed by atoms with van der Waals surface area (Å²) in [4.78, 5) is 49.5. The van der Waals surface area contributed by atoms with E-state index in [1.807, 2.05) is 0 Å². The average Bonchev–Trinajstić information content (AvgIpc) is 3.07. The molecule has 0 aliphatic rings. The molecule has 1 heterocycles. The number of aromatic nitrogens is 2. The normalized spacial score (nSPS) is 10.7. The second kappa shape index (κ2) is 8.13. The second-order valence-electron chi connectivity index (χ2n) is 6.00. The fourth-order valence-corrected chi connectivity index (χ4v) is 2.56. The summed E-state index contributed by atoms with van der Waals surface area (Å²) in [7, 11) is 0. The van der Waals surface area contributed by atoms with Crippen LogP contribution in [0.4, 0.5) is 17.2 Å². The molecule has 0 saturated heterocycles. The predicted molar refractivity (Wildman–Crippen MR) is 104 cm³/mol. The number of hydrogen-bond donors (Lipinski definition) is 4. The summed E-state index contributed by atoms with van der Waals surface area (Å²) < 4.78 is 0.772. The summed E-state index contributed by atoms with van der Waals surface area (Å²) in [6.07, 6.45) is 0. The Morgan fingerprint density at radius 1 is 0.903 bits per heavy atom. The van der Waals surface area contributed by atoms with E-state index in [0.717, 1.165) is 22.9 Å². The number of H-pyrrole nitrogens is 1. The van der Waals surface area contributed by atoms with Crippen molar-refractivity contribution >= 4 is 35.1 Å². The number of benzene rings is 2. The molecule has 0 saturated carbocycles. The van der Waals surface area contributed by atoms with E-state index >= 15 is 0 Å². The van der Waals surface area contributed by atoms with Crippen molar-refractivity contribution in [3.63, 3.8) is 0 Å². The molecule has 0 aliphatic heterocycles. The molecule has 0 bridgehead atoms.